The van der Waals surface area contributed by atoms with Gasteiger partial charge in [0.05, 0.1) is 13.2 Å². The summed E-state index contributed by atoms with van der Waals surface area (Å²) in [5.41, 5.74) is 0.612. The number of aromatic carboxylic acids is 1. The number of thiophene rings is 1. The zero-order chi connectivity index (χ0) is 15.9. The highest BCUT2D eigenvalue weighted by Gasteiger charge is 2.09. The number of carbonyl (C=O) groups excluding carboxylic acids is 1. The van der Waals surface area contributed by atoms with Crippen molar-refractivity contribution in [3.8, 4) is 0 Å². The number of hydrogen-bond donors (Lipinski definition) is 2. The molecule has 118 valence electrons. The van der Waals surface area contributed by atoms with Crippen LogP contribution in [0.5, 0.6) is 0 Å². The number of nitrogens with one attached hydrogen (secondary N) is 1. The summed E-state index contributed by atoms with van der Waals surface area (Å²) in [6.07, 6.45) is 0. The van der Waals surface area contributed by atoms with Crippen LogP contribution in [0.2, 0.25) is 0 Å². The highest BCUT2D eigenvalue weighted by Crippen LogP contribution is 2.28. The lowest BCUT2D eigenvalue weighted by Crippen LogP contribution is -2.19. The Morgan fingerprint density at radius 2 is 2.00 bits per heavy atom. The van der Waals surface area contributed by atoms with Crippen LogP contribution in [-0.4, -0.2) is 43.4 Å². The molecule has 0 saturated carbocycles. The smallest absolute Gasteiger partial charge is 0.345 e. The average Bonchev–Trinajstić information content (AvgIpc) is 2.90. The molecule has 0 fully saturated rings. The van der Waals surface area contributed by atoms with Gasteiger partial charge in [0, 0.05) is 17.0 Å². The molecular formula is C15H17NO5S. The van der Waals surface area contributed by atoms with Crippen molar-refractivity contribution in [2.75, 3.05) is 31.7 Å². The maximum Gasteiger partial charge on any atom is 0.345 e. The first kappa shape index (κ1) is 16.4. The van der Waals surface area contributed by atoms with Gasteiger partial charge in [-0.1, -0.05) is 0 Å². The number of fused-ring (bicyclic) bond motifs is 1. The Kier molecular flexibility index (Phi) is 5.88. The minimum absolute atomic E-state index is 0.0465. The fourth-order valence-corrected chi connectivity index (χ4v) is 2.73. The fourth-order valence-electron chi connectivity index (χ4n) is 1.85. The van der Waals surface area contributed by atoms with Gasteiger partial charge in [0.1, 0.15) is 11.5 Å². The Morgan fingerprint density at radius 1 is 1.23 bits per heavy atom. The van der Waals surface area contributed by atoms with Crippen LogP contribution in [0.3, 0.4) is 0 Å². The molecule has 2 aromatic rings. The number of carbonyl (C=O) groups is 2. The van der Waals surface area contributed by atoms with Crippen LogP contribution in [0.15, 0.2) is 24.3 Å². The number of amides is 1. The summed E-state index contributed by atoms with van der Waals surface area (Å²) in [6, 6.07) is 6.87. The first-order valence-corrected chi connectivity index (χ1v) is 7.64. The number of ether oxygens (including phenoxy) is 2. The number of carboxylic acids is 1. The second kappa shape index (κ2) is 7.88. The van der Waals surface area contributed by atoms with Crippen LogP contribution in [0.1, 0.15) is 16.6 Å². The van der Waals surface area contributed by atoms with Gasteiger partial charge in [-0.05, 0) is 36.6 Å². The van der Waals surface area contributed by atoms with Gasteiger partial charge < -0.3 is 19.9 Å². The van der Waals surface area contributed by atoms with Crippen LogP contribution in [0, 0.1) is 0 Å². The van der Waals surface area contributed by atoms with E-state index < -0.39 is 5.97 Å². The van der Waals surface area contributed by atoms with Gasteiger partial charge >= 0.3 is 5.97 Å². The van der Waals surface area contributed by atoms with Crippen molar-refractivity contribution < 1.29 is 24.2 Å². The normalized spacial score (nSPS) is 10.8. The summed E-state index contributed by atoms with van der Waals surface area (Å²) < 4.78 is 11.1. The van der Waals surface area contributed by atoms with E-state index in [0.29, 0.717) is 25.5 Å². The van der Waals surface area contributed by atoms with Crippen LogP contribution < -0.4 is 5.32 Å². The van der Waals surface area contributed by atoms with E-state index in [1.807, 2.05) is 6.92 Å². The highest BCUT2D eigenvalue weighted by molar-refractivity contribution is 7.20. The van der Waals surface area contributed by atoms with E-state index in [9.17, 15) is 9.59 Å². The highest BCUT2D eigenvalue weighted by atomic mass is 32.1. The van der Waals surface area contributed by atoms with Crippen LogP contribution in [-0.2, 0) is 14.3 Å². The van der Waals surface area contributed by atoms with Crippen molar-refractivity contribution in [2.45, 2.75) is 6.92 Å². The third kappa shape index (κ3) is 4.52. The van der Waals surface area contributed by atoms with Gasteiger partial charge in [-0.2, -0.15) is 0 Å². The Bertz CT molecular complexity index is 667. The lowest BCUT2D eigenvalue weighted by Gasteiger charge is -2.06. The predicted octanol–water partition coefficient (Wildman–Crippen LogP) is 2.59. The van der Waals surface area contributed by atoms with Crippen molar-refractivity contribution in [3.63, 3.8) is 0 Å². The lowest BCUT2D eigenvalue weighted by atomic mass is 10.2. The summed E-state index contributed by atoms with van der Waals surface area (Å²) in [5, 5.41) is 12.5. The molecule has 0 bridgehead atoms. The first-order valence-electron chi connectivity index (χ1n) is 6.82. The first-order chi connectivity index (χ1) is 10.6. The van der Waals surface area contributed by atoms with Gasteiger partial charge in [0.2, 0.25) is 5.91 Å². The molecule has 0 aliphatic heterocycles. The van der Waals surface area contributed by atoms with Crippen molar-refractivity contribution in [2.24, 2.45) is 0 Å². The van der Waals surface area contributed by atoms with Crippen LogP contribution in [0.25, 0.3) is 10.1 Å². The van der Waals surface area contributed by atoms with Crippen molar-refractivity contribution in [1.82, 2.24) is 0 Å². The summed E-state index contributed by atoms with van der Waals surface area (Å²) in [6.45, 7) is 3.29. The topological polar surface area (TPSA) is 84.9 Å². The predicted molar refractivity (Wildman–Crippen MR) is 84.7 cm³/mol. The van der Waals surface area contributed by atoms with Crippen LogP contribution in [0.4, 0.5) is 5.69 Å². The Hall–Kier alpha value is -1.96. The molecule has 6 nitrogen and oxygen atoms in total. The van der Waals surface area contributed by atoms with E-state index in [4.69, 9.17) is 14.6 Å². The van der Waals surface area contributed by atoms with Crippen molar-refractivity contribution in [3.05, 3.63) is 29.1 Å². The minimum Gasteiger partial charge on any atom is -0.477 e. The third-order valence-corrected chi connectivity index (χ3v) is 3.92. The van der Waals surface area contributed by atoms with E-state index in [-0.39, 0.29) is 17.4 Å². The van der Waals surface area contributed by atoms with E-state index in [2.05, 4.69) is 5.32 Å². The SMILES string of the molecule is CCOCCOCC(=O)Nc1ccc2sc(C(=O)O)cc2c1. The summed E-state index contributed by atoms with van der Waals surface area (Å²) in [4.78, 5) is 22.9. The molecular weight excluding hydrogens is 306 g/mol. The number of rotatable bonds is 8. The van der Waals surface area contributed by atoms with Crippen molar-refractivity contribution >= 4 is 39.0 Å². The molecule has 0 saturated heterocycles. The molecule has 22 heavy (non-hydrogen) atoms. The summed E-state index contributed by atoms with van der Waals surface area (Å²) in [7, 11) is 0. The van der Waals surface area contributed by atoms with Gasteiger partial charge in [0.25, 0.3) is 0 Å². The molecule has 1 aromatic heterocycles. The molecule has 7 heteroatoms. The molecule has 0 unspecified atom stereocenters. The number of benzene rings is 1. The Morgan fingerprint density at radius 3 is 2.73 bits per heavy atom. The summed E-state index contributed by atoms with van der Waals surface area (Å²) in [5.74, 6) is -1.21. The van der Waals surface area contributed by atoms with Gasteiger partial charge in [-0.3, -0.25) is 4.79 Å². The number of hydrogen-bond acceptors (Lipinski definition) is 5. The van der Waals surface area contributed by atoms with Crippen molar-refractivity contribution in [1.29, 1.82) is 0 Å². The van der Waals surface area contributed by atoms with Gasteiger partial charge in [-0.15, -0.1) is 11.3 Å². The van der Waals surface area contributed by atoms with E-state index in [1.165, 1.54) is 11.3 Å². The number of carboxylic acid groups (broad SMARTS) is 1. The Labute approximate surface area is 131 Å². The van der Waals surface area contributed by atoms with E-state index in [1.54, 1.807) is 24.3 Å². The molecule has 2 N–H and O–H groups in total. The minimum atomic E-state index is -0.950. The largest absolute Gasteiger partial charge is 0.477 e. The quantitative estimate of drug-likeness (QED) is 0.729. The lowest BCUT2D eigenvalue weighted by molar-refractivity contribution is -0.121. The second-order valence-electron chi connectivity index (χ2n) is 4.47. The molecule has 1 amide bonds. The fraction of sp³-hybridized carbons (Fsp3) is 0.333. The average molecular weight is 323 g/mol. The zero-order valence-corrected chi connectivity index (χ0v) is 12.9. The molecule has 1 heterocycles. The second-order valence-corrected chi connectivity index (χ2v) is 5.55. The molecule has 0 atom stereocenters. The standard InChI is InChI=1S/C15H17NO5S/c1-2-20-5-6-21-9-14(17)16-11-3-4-12-10(7-11)8-13(22-12)15(18)19/h3-4,7-8H,2,5-6,9H2,1H3,(H,16,17)(H,18,19). The number of anilines is 1. The zero-order valence-electron chi connectivity index (χ0n) is 12.1. The van der Waals surface area contributed by atoms with E-state index in [0.717, 1.165) is 10.1 Å². The monoisotopic (exact) mass is 323 g/mol. The maximum absolute atomic E-state index is 11.7. The molecule has 1 aromatic carbocycles. The molecule has 0 aliphatic carbocycles. The molecule has 0 spiro atoms. The molecule has 0 aliphatic rings. The Balaban J connectivity index is 1.90. The third-order valence-electron chi connectivity index (χ3n) is 2.82. The maximum atomic E-state index is 11.7. The van der Waals surface area contributed by atoms with Gasteiger partial charge in [0.15, 0.2) is 0 Å². The molecule has 0 radical (unpaired) electrons. The van der Waals surface area contributed by atoms with Gasteiger partial charge in [-0.25, -0.2) is 4.79 Å². The summed E-state index contributed by atoms with van der Waals surface area (Å²) >= 11 is 1.20. The van der Waals surface area contributed by atoms with Crippen LogP contribution >= 0.6 is 11.3 Å². The molecule has 2 rings (SSSR count). The van der Waals surface area contributed by atoms with E-state index >= 15 is 0 Å².